The predicted molar refractivity (Wildman–Crippen MR) is 41.5 cm³/mol. The lowest BCUT2D eigenvalue weighted by Gasteiger charge is -2.10. The van der Waals surface area contributed by atoms with Crippen LogP contribution in [0.15, 0.2) is 0 Å². The largest absolute Gasteiger partial charge is 0.323 e. The molecule has 0 saturated carbocycles. The molecule has 9 heavy (non-hydrogen) atoms. The summed E-state index contributed by atoms with van der Waals surface area (Å²) in [6, 6.07) is 0. The van der Waals surface area contributed by atoms with Crippen molar-refractivity contribution in [2.24, 2.45) is 5.50 Å². The van der Waals surface area contributed by atoms with Crippen molar-refractivity contribution < 1.29 is 9.09 Å². The van der Waals surface area contributed by atoms with Crippen LogP contribution in [0.1, 0.15) is 13.8 Å². The van der Waals surface area contributed by atoms with E-state index in [9.17, 15) is 4.57 Å². The van der Waals surface area contributed by atoms with Gasteiger partial charge in [0.05, 0.1) is 0 Å². The van der Waals surface area contributed by atoms with E-state index < -0.39 is 6.72 Å². The molecule has 0 aliphatic rings. The average molecular weight is 169 g/mol. The Labute approximate surface area is 59.6 Å². The van der Waals surface area contributed by atoms with Gasteiger partial charge < -0.3 is 4.52 Å². The molecule has 0 heterocycles. The van der Waals surface area contributed by atoms with Gasteiger partial charge in [0.1, 0.15) is 0 Å². The summed E-state index contributed by atoms with van der Waals surface area (Å²) in [5.41, 5.74) is 5.21. The van der Waals surface area contributed by atoms with Crippen LogP contribution in [-0.2, 0) is 9.09 Å². The maximum absolute atomic E-state index is 10.9. The minimum Gasteiger partial charge on any atom is -0.313 e. The summed E-state index contributed by atoms with van der Waals surface area (Å²) in [6.45, 7) is 1.03. The van der Waals surface area contributed by atoms with Crippen LogP contribution < -0.4 is 5.50 Å². The van der Waals surface area contributed by atoms with Gasteiger partial charge in [-0.15, -0.1) is 0 Å². The Balaban J connectivity index is 3.73. The standard InChI is InChI=1S/C4H12NO2PS/c1-4(2)9-8(5,6)7-3/h4H,1-3H3,(H2,5,6). The summed E-state index contributed by atoms with van der Waals surface area (Å²) in [5, 5.41) is 0.251. The van der Waals surface area contributed by atoms with Gasteiger partial charge in [-0.3, -0.25) is 10.1 Å². The van der Waals surface area contributed by atoms with Crippen molar-refractivity contribution in [2.45, 2.75) is 19.1 Å². The molecule has 5 heteroatoms. The first-order valence-electron chi connectivity index (χ1n) is 2.60. The molecule has 0 radical (unpaired) electrons. The van der Waals surface area contributed by atoms with Crippen molar-refractivity contribution >= 4 is 18.1 Å². The molecule has 56 valence electrons. The highest BCUT2D eigenvalue weighted by Gasteiger charge is 2.16. The number of rotatable bonds is 3. The predicted octanol–water partition coefficient (Wildman–Crippen LogP) is 1.84. The van der Waals surface area contributed by atoms with Gasteiger partial charge in [0.25, 0.3) is 0 Å². The zero-order valence-corrected chi connectivity index (χ0v) is 7.54. The second kappa shape index (κ2) is 3.62. The minimum absolute atomic E-state index is 0.251. The molecule has 2 N–H and O–H groups in total. The number of nitrogens with two attached hydrogens (primary N) is 1. The molecule has 0 aliphatic carbocycles. The summed E-state index contributed by atoms with van der Waals surface area (Å²) >= 11 is 1.17. The van der Waals surface area contributed by atoms with Gasteiger partial charge in [0.2, 0.25) is 0 Å². The third kappa shape index (κ3) is 4.97. The quantitative estimate of drug-likeness (QED) is 0.655. The van der Waals surface area contributed by atoms with Gasteiger partial charge >= 0.3 is 6.72 Å². The first kappa shape index (κ1) is 9.50. The van der Waals surface area contributed by atoms with E-state index >= 15 is 0 Å². The third-order valence-corrected chi connectivity index (χ3v) is 4.43. The van der Waals surface area contributed by atoms with Crippen molar-refractivity contribution in [1.82, 2.24) is 0 Å². The summed E-state index contributed by atoms with van der Waals surface area (Å²) in [5.74, 6) is 0. The molecule has 0 saturated heterocycles. The Bertz CT molecular complexity index is 128. The molecule has 1 unspecified atom stereocenters. The van der Waals surface area contributed by atoms with Crippen LogP contribution >= 0.6 is 18.1 Å². The van der Waals surface area contributed by atoms with Gasteiger partial charge in [-0.25, -0.2) is 0 Å². The van der Waals surface area contributed by atoms with Crippen LogP contribution in [0, 0.1) is 0 Å². The van der Waals surface area contributed by atoms with Crippen molar-refractivity contribution in [3.8, 4) is 0 Å². The molecule has 1 atom stereocenters. The van der Waals surface area contributed by atoms with E-state index in [1.165, 1.54) is 18.5 Å². The molecular formula is C4H12NO2PS. The molecular weight excluding hydrogens is 157 g/mol. The van der Waals surface area contributed by atoms with E-state index in [1.54, 1.807) is 0 Å². The van der Waals surface area contributed by atoms with E-state index in [4.69, 9.17) is 5.50 Å². The van der Waals surface area contributed by atoms with E-state index in [1.807, 2.05) is 13.8 Å². The Morgan fingerprint density at radius 3 is 2.22 bits per heavy atom. The summed E-state index contributed by atoms with van der Waals surface area (Å²) in [6.07, 6.45) is 0. The van der Waals surface area contributed by atoms with Crippen LogP contribution in [0.2, 0.25) is 0 Å². The molecule has 0 aromatic rings. The monoisotopic (exact) mass is 169 g/mol. The van der Waals surface area contributed by atoms with Gasteiger partial charge in [0.15, 0.2) is 0 Å². The molecule has 0 spiro atoms. The van der Waals surface area contributed by atoms with Gasteiger partial charge in [-0.1, -0.05) is 25.2 Å². The highest BCUT2D eigenvalue weighted by Crippen LogP contribution is 2.53. The zero-order valence-electron chi connectivity index (χ0n) is 5.83. The molecule has 0 amide bonds. The fourth-order valence-corrected chi connectivity index (χ4v) is 3.03. The van der Waals surface area contributed by atoms with Crippen molar-refractivity contribution in [3.05, 3.63) is 0 Å². The lowest BCUT2D eigenvalue weighted by atomic mass is 10.6. The van der Waals surface area contributed by atoms with Crippen LogP contribution in [-0.4, -0.2) is 12.4 Å². The van der Waals surface area contributed by atoms with Gasteiger partial charge in [-0.05, 0) is 0 Å². The third-order valence-electron chi connectivity index (χ3n) is 0.612. The van der Waals surface area contributed by atoms with Gasteiger partial charge in [-0.2, -0.15) is 0 Å². The summed E-state index contributed by atoms with van der Waals surface area (Å²) < 4.78 is 15.5. The molecule has 0 bridgehead atoms. The maximum atomic E-state index is 10.9. The SMILES string of the molecule is COP(N)(=O)SC(C)C. The second-order valence-corrected chi connectivity index (χ2v) is 6.63. The minimum atomic E-state index is -2.81. The Kier molecular flexibility index (Phi) is 3.82. The van der Waals surface area contributed by atoms with E-state index in [2.05, 4.69) is 4.52 Å². The summed E-state index contributed by atoms with van der Waals surface area (Å²) in [7, 11) is 1.36. The first-order chi connectivity index (χ1) is 3.98. The number of hydrogen-bond donors (Lipinski definition) is 1. The maximum Gasteiger partial charge on any atom is 0.323 e. The first-order valence-corrected chi connectivity index (χ1v) is 5.78. The topological polar surface area (TPSA) is 52.3 Å². The zero-order chi connectivity index (χ0) is 7.49. The van der Waals surface area contributed by atoms with Crippen molar-refractivity contribution in [3.63, 3.8) is 0 Å². The van der Waals surface area contributed by atoms with Crippen LogP contribution in [0.5, 0.6) is 0 Å². The van der Waals surface area contributed by atoms with E-state index in [0.717, 1.165) is 0 Å². The van der Waals surface area contributed by atoms with Crippen molar-refractivity contribution in [2.75, 3.05) is 7.11 Å². The van der Waals surface area contributed by atoms with E-state index in [-0.39, 0.29) is 5.25 Å². The fraction of sp³-hybridized carbons (Fsp3) is 1.00. The smallest absolute Gasteiger partial charge is 0.313 e. The lowest BCUT2D eigenvalue weighted by molar-refractivity contribution is 0.410. The van der Waals surface area contributed by atoms with Crippen LogP contribution in [0.25, 0.3) is 0 Å². The summed E-state index contributed by atoms with van der Waals surface area (Å²) in [4.78, 5) is 0. The molecule has 0 fully saturated rings. The van der Waals surface area contributed by atoms with Crippen LogP contribution in [0.4, 0.5) is 0 Å². The molecule has 0 aromatic carbocycles. The molecule has 3 nitrogen and oxygen atoms in total. The fourth-order valence-electron chi connectivity index (χ4n) is 0.337. The van der Waals surface area contributed by atoms with Gasteiger partial charge in [0, 0.05) is 12.4 Å². The van der Waals surface area contributed by atoms with Crippen LogP contribution in [0.3, 0.4) is 0 Å². The Morgan fingerprint density at radius 2 is 2.11 bits per heavy atom. The Hall–Kier alpha value is 0.500. The average Bonchev–Trinajstić information content (AvgIpc) is 1.63. The molecule has 0 rings (SSSR count). The molecule has 0 aliphatic heterocycles. The molecule has 0 aromatic heterocycles. The van der Waals surface area contributed by atoms with E-state index in [0.29, 0.717) is 0 Å². The lowest BCUT2D eigenvalue weighted by Crippen LogP contribution is -1.96. The normalized spacial score (nSPS) is 17.9. The Morgan fingerprint density at radius 1 is 1.67 bits per heavy atom. The second-order valence-electron chi connectivity index (χ2n) is 1.88. The highest BCUT2D eigenvalue weighted by molar-refractivity contribution is 8.56. The number of hydrogen-bond acceptors (Lipinski definition) is 3. The van der Waals surface area contributed by atoms with Crippen molar-refractivity contribution in [1.29, 1.82) is 0 Å². The highest BCUT2D eigenvalue weighted by atomic mass is 32.7.